The minimum Gasteiger partial charge on any atom is -0.481 e. The maximum absolute atomic E-state index is 13.0. The van der Waals surface area contributed by atoms with Gasteiger partial charge in [0.2, 0.25) is 5.91 Å². The minimum absolute atomic E-state index is 0.0602. The van der Waals surface area contributed by atoms with E-state index < -0.39 is 24.0 Å². The minimum atomic E-state index is -0.981. The topological polar surface area (TPSA) is 95.9 Å². The van der Waals surface area contributed by atoms with E-state index in [4.69, 9.17) is 9.84 Å². The molecular weight excluding hydrogens is 420 g/mol. The second kappa shape index (κ2) is 10.8. The highest BCUT2D eigenvalue weighted by molar-refractivity contribution is 5.86. The number of fused-ring (bicyclic) bond motifs is 3. The average molecular weight is 451 g/mol. The highest BCUT2D eigenvalue weighted by Gasteiger charge is 2.30. The first-order valence-electron chi connectivity index (χ1n) is 11.1. The molecule has 2 aromatic rings. The number of carboxylic acids is 1. The zero-order valence-electron chi connectivity index (χ0n) is 19.0. The number of nitrogens with zero attached hydrogens (tertiary/aromatic N) is 1. The number of alkyl carbamates (subject to hydrolysis) is 1. The summed E-state index contributed by atoms with van der Waals surface area (Å²) in [6.45, 7) is 7.51. The van der Waals surface area contributed by atoms with Gasteiger partial charge in [0, 0.05) is 19.0 Å². The summed E-state index contributed by atoms with van der Waals surface area (Å²) < 4.78 is 5.55. The summed E-state index contributed by atoms with van der Waals surface area (Å²) in [5, 5.41) is 11.8. The number of carboxylic acid groups (broad SMARTS) is 1. The van der Waals surface area contributed by atoms with E-state index in [0.717, 1.165) is 22.3 Å². The Morgan fingerprint density at radius 2 is 1.70 bits per heavy atom. The molecule has 0 spiro atoms. The Kier molecular flexibility index (Phi) is 7.87. The van der Waals surface area contributed by atoms with Crippen LogP contribution in [0.3, 0.4) is 0 Å². The van der Waals surface area contributed by atoms with Gasteiger partial charge in [0.15, 0.2) is 0 Å². The molecule has 2 unspecified atom stereocenters. The molecule has 0 saturated carbocycles. The fourth-order valence-corrected chi connectivity index (χ4v) is 4.17. The van der Waals surface area contributed by atoms with Gasteiger partial charge in [-0.25, -0.2) is 4.79 Å². The van der Waals surface area contributed by atoms with Crippen LogP contribution in [0.4, 0.5) is 4.79 Å². The van der Waals surface area contributed by atoms with Crippen molar-refractivity contribution in [2.24, 2.45) is 5.92 Å². The number of carbonyl (C=O) groups is 3. The van der Waals surface area contributed by atoms with Crippen LogP contribution in [0.25, 0.3) is 11.1 Å². The number of amides is 2. The second-order valence-electron chi connectivity index (χ2n) is 8.16. The number of ether oxygens (including phenoxy) is 1. The number of aliphatic carboxylic acids is 1. The summed E-state index contributed by atoms with van der Waals surface area (Å²) in [6, 6.07) is 15.2. The van der Waals surface area contributed by atoms with E-state index >= 15 is 0 Å². The fourth-order valence-electron chi connectivity index (χ4n) is 4.17. The van der Waals surface area contributed by atoms with Crippen molar-refractivity contribution in [3.05, 3.63) is 72.3 Å². The van der Waals surface area contributed by atoms with Crippen LogP contribution in [0.2, 0.25) is 0 Å². The largest absolute Gasteiger partial charge is 0.481 e. The Labute approximate surface area is 194 Å². The number of benzene rings is 2. The van der Waals surface area contributed by atoms with Crippen molar-refractivity contribution in [1.82, 2.24) is 10.2 Å². The third kappa shape index (κ3) is 5.42. The molecule has 2 N–H and O–H groups in total. The summed E-state index contributed by atoms with van der Waals surface area (Å²) in [5.74, 6) is -2.14. The van der Waals surface area contributed by atoms with Crippen LogP contribution in [0.15, 0.2) is 61.2 Å². The molecule has 0 radical (unpaired) electrons. The number of carbonyl (C=O) groups excluding carboxylic acids is 2. The molecule has 0 fully saturated rings. The molecule has 2 aromatic carbocycles. The Morgan fingerprint density at radius 1 is 1.12 bits per heavy atom. The SMILES string of the molecule is C=CCC(NC(=O)OCC1c2ccccc2-c2ccccc21)C(=O)N(CC)CC(C)C(=O)O. The Bertz CT molecular complexity index is 989. The molecule has 2 atom stereocenters. The Morgan fingerprint density at radius 3 is 2.21 bits per heavy atom. The van der Waals surface area contributed by atoms with Crippen LogP contribution in [0.5, 0.6) is 0 Å². The standard InChI is InChI=1S/C26H30N2O5/c1-4-10-23(24(29)28(5-2)15-17(3)25(30)31)27-26(32)33-16-22-20-13-8-6-11-18(20)19-12-7-9-14-21(19)22/h4,6-9,11-14,17,22-23H,1,5,10,15-16H2,2-3H3,(H,27,32)(H,30,31). The van der Waals surface area contributed by atoms with Crippen molar-refractivity contribution in [1.29, 1.82) is 0 Å². The zero-order chi connectivity index (χ0) is 24.0. The fraction of sp³-hybridized carbons (Fsp3) is 0.346. The lowest BCUT2D eigenvalue weighted by Crippen LogP contribution is -2.50. The summed E-state index contributed by atoms with van der Waals surface area (Å²) in [4.78, 5) is 38.2. The molecule has 174 valence electrons. The summed E-state index contributed by atoms with van der Waals surface area (Å²) in [6.07, 6.45) is 1.06. The molecule has 1 aliphatic rings. The molecule has 3 rings (SSSR count). The van der Waals surface area contributed by atoms with Gasteiger partial charge in [-0.2, -0.15) is 0 Å². The van der Waals surface area contributed by atoms with Gasteiger partial charge in [0.1, 0.15) is 12.6 Å². The predicted molar refractivity (Wildman–Crippen MR) is 126 cm³/mol. The monoisotopic (exact) mass is 450 g/mol. The number of hydrogen-bond acceptors (Lipinski definition) is 4. The molecule has 0 aliphatic heterocycles. The molecule has 0 aromatic heterocycles. The van der Waals surface area contributed by atoms with Gasteiger partial charge in [-0.1, -0.05) is 61.5 Å². The molecule has 0 saturated heterocycles. The second-order valence-corrected chi connectivity index (χ2v) is 8.16. The molecule has 1 aliphatic carbocycles. The van der Waals surface area contributed by atoms with Crippen LogP contribution in [-0.4, -0.2) is 53.7 Å². The van der Waals surface area contributed by atoms with Crippen molar-refractivity contribution in [3.8, 4) is 11.1 Å². The van der Waals surface area contributed by atoms with Crippen LogP contribution >= 0.6 is 0 Å². The van der Waals surface area contributed by atoms with E-state index in [0.29, 0.717) is 6.54 Å². The molecule has 2 amide bonds. The van der Waals surface area contributed by atoms with Crippen molar-refractivity contribution < 1.29 is 24.2 Å². The van der Waals surface area contributed by atoms with Crippen molar-refractivity contribution >= 4 is 18.0 Å². The Balaban J connectivity index is 1.66. The first kappa shape index (κ1) is 24.0. The third-order valence-corrected chi connectivity index (χ3v) is 5.95. The van der Waals surface area contributed by atoms with Gasteiger partial charge in [0.25, 0.3) is 0 Å². The van der Waals surface area contributed by atoms with Crippen molar-refractivity contribution in [2.75, 3.05) is 19.7 Å². The molecule has 7 heteroatoms. The van der Waals surface area contributed by atoms with Crippen molar-refractivity contribution in [3.63, 3.8) is 0 Å². The average Bonchev–Trinajstić information content (AvgIpc) is 3.14. The highest BCUT2D eigenvalue weighted by atomic mass is 16.5. The molecular formula is C26H30N2O5. The zero-order valence-corrected chi connectivity index (χ0v) is 19.0. The van der Waals surface area contributed by atoms with Crippen LogP contribution in [-0.2, 0) is 14.3 Å². The van der Waals surface area contributed by atoms with E-state index in [1.54, 1.807) is 19.9 Å². The third-order valence-electron chi connectivity index (χ3n) is 5.95. The highest BCUT2D eigenvalue weighted by Crippen LogP contribution is 2.44. The van der Waals surface area contributed by atoms with Crippen LogP contribution in [0, 0.1) is 5.92 Å². The van der Waals surface area contributed by atoms with Gasteiger partial charge in [0.05, 0.1) is 5.92 Å². The van der Waals surface area contributed by atoms with E-state index in [-0.39, 0.29) is 31.4 Å². The van der Waals surface area contributed by atoms with Crippen LogP contribution < -0.4 is 5.32 Å². The summed E-state index contributed by atoms with van der Waals surface area (Å²) in [5.41, 5.74) is 4.47. The smallest absolute Gasteiger partial charge is 0.407 e. The maximum Gasteiger partial charge on any atom is 0.407 e. The molecule has 7 nitrogen and oxygen atoms in total. The van der Waals surface area contributed by atoms with Gasteiger partial charge in [-0.3, -0.25) is 9.59 Å². The predicted octanol–water partition coefficient (Wildman–Crippen LogP) is 4.04. The first-order chi connectivity index (χ1) is 15.9. The summed E-state index contributed by atoms with van der Waals surface area (Å²) >= 11 is 0. The lowest BCUT2D eigenvalue weighted by Gasteiger charge is -2.27. The Hall–Kier alpha value is -3.61. The lowest BCUT2D eigenvalue weighted by molar-refractivity contribution is -0.143. The number of hydrogen-bond donors (Lipinski definition) is 2. The van der Waals surface area contributed by atoms with Gasteiger partial charge in [-0.05, 0) is 35.6 Å². The molecule has 0 heterocycles. The van der Waals surface area contributed by atoms with E-state index in [1.807, 2.05) is 36.4 Å². The van der Waals surface area contributed by atoms with Crippen molar-refractivity contribution in [2.45, 2.75) is 32.2 Å². The van der Waals surface area contributed by atoms with Gasteiger partial charge in [-0.15, -0.1) is 6.58 Å². The lowest BCUT2D eigenvalue weighted by atomic mass is 9.98. The molecule has 0 bridgehead atoms. The van der Waals surface area contributed by atoms with Crippen LogP contribution in [0.1, 0.15) is 37.3 Å². The summed E-state index contributed by atoms with van der Waals surface area (Å²) in [7, 11) is 0. The normalized spacial score (nSPS) is 13.9. The number of rotatable bonds is 10. The first-order valence-corrected chi connectivity index (χ1v) is 11.1. The van der Waals surface area contributed by atoms with E-state index in [9.17, 15) is 14.4 Å². The van der Waals surface area contributed by atoms with E-state index in [2.05, 4.69) is 24.0 Å². The number of nitrogens with one attached hydrogen (secondary N) is 1. The number of likely N-dealkylation sites (N-methyl/N-ethyl adjacent to an activating group) is 1. The quantitative estimate of drug-likeness (QED) is 0.533. The van der Waals surface area contributed by atoms with Gasteiger partial charge >= 0.3 is 12.1 Å². The molecule has 33 heavy (non-hydrogen) atoms. The maximum atomic E-state index is 13.0. The van der Waals surface area contributed by atoms with E-state index in [1.165, 1.54) is 4.90 Å². The van der Waals surface area contributed by atoms with Gasteiger partial charge < -0.3 is 20.1 Å².